The number of unbranched alkanes of at least 4 members (excludes halogenated alkanes) is 7. The topological polar surface area (TPSA) is 310 Å². The number of carboxylic acids is 1. The Kier molecular flexibility index (Phi) is 30.6. The van der Waals surface area contributed by atoms with Crippen LogP contribution in [0.3, 0.4) is 0 Å². The van der Waals surface area contributed by atoms with Crippen molar-refractivity contribution in [3.05, 3.63) is 166 Å². The van der Waals surface area contributed by atoms with E-state index in [4.69, 9.17) is 65.6 Å². The number of ether oxygens (including phenoxy) is 9. The van der Waals surface area contributed by atoms with Crippen LogP contribution < -0.4 is 51.4 Å². The van der Waals surface area contributed by atoms with E-state index in [-0.39, 0.29) is 97.5 Å². The number of halogens is 6. The van der Waals surface area contributed by atoms with Gasteiger partial charge >= 0.3 is 48.2 Å². The smallest absolute Gasteiger partial charge is 0.389 e. The van der Waals surface area contributed by atoms with E-state index in [1.165, 1.54) is 87.0 Å². The van der Waals surface area contributed by atoms with Crippen molar-refractivity contribution in [1.29, 1.82) is 0 Å². The van der Waals surface area contributed by atoms with Crippen molar-refractivity contribution in [3.8, 4) is 34.5 Å². The van der Waals surface area contributed by atoms with Crippen molar-refractivity contribution in [3.63, 3.8) is 0 Å². The summed E-state index contributed by atoms with van der Waals surface area (Å²) in [5.74, 6) is -2.25. The standard InChI is InChI=1S/C35H39F3N2O8.C34H37F3N2O8/c1-45-31-20-24(12-15-30(31)46-18-7-5-17-35(36,37)38)34(44)48-26-13-9-23(10-14-26)11-16-32(41)47-19-6-3-2-4-8-27-28(33(42)43)21-25(39)22-29(27)40;1-43-30-21-24(10-13-29(30)44-16-4-2-3-15-34(35,36)37)33(42)47-28-11-7-23(8-12-28)9-14-31(40)45-17-5-6-18-46-32(41)25-19-26(38)22-27(39)20-25/h9-16,20-22H,2-8,17-19,39-40H2,1H3,(H,42,43);7-14,19-22H,2-6,15-18,38-39H2,1H3. The Balaban J connectivity index is 0.000000344. The summed E-state index contributed by atoms with van der Waals surface area (Å²) in [5.41, 5.74) is 27.1. The first-order valence-corrected chi connectivity index (χ1v) is 30.1. The van der Waals surface area contributed by atoms with Crippen LogP contribution in [0.25, 0.3) is 12.2 Å². The number of aromatic carboxylic acids is 1. The lowest BCUT2D eigenvalue weighted by atomic mass is 9.98. The molecule has 0 unspecified atom stereocenters. The number of carboxylic acid groups (broad SMARTS) is 1. The van der Waals surface area contributed by atoms with E-state index < -0.39 is 61.0 Å². The van der Waals surface area contributed by atoms with Crippen LogP contribution in [0.15, 0.2) is 127 Å². The molecule has 0 saturated carbocycles. The molecule has 95 heavy (non-hydrogen) atoms. The van der Waals surface area contributed by atoms with E-state index in [0.717, 1.165) is 19.3 Å². The van der Waals surface area contributed by atoms with Gasteiger partial charge in [0.05, 0.1) is 69.5 Å². The molecule has 6 rings (SSSR count). The maximum atomic E-state index is 12.7. The number of hydrogen-bond donors (Lipinski definition) is 5. The number of esters is 5. The third kappa shape index (κ3) is 28.6. The largest absolute Gasteiger partial charge is 0.493 e. The molecule has 26 heteroatoms. The predicted octanol–water partition coefficient (Wildman–Crippen LogP) is 14.0. The maximum Gasteiger partial charge on any atom is 0.389 e. The summed E-state index contributed by atoms with van der Waals surface area (Å²) in [6, 6.07) is 29.2. The second kappa shape index (κ2) is 38.6. The summed E-state index contributed by atoms with van der Waals surface area (Å²) in [5, 5.41) is 9.39. The first-order valence-electron chi connectivity index (χ1n) is 30.1. The van der Waals surface area contributed by atoms with Crippen LogP contribution in [0, 0.1) is 0 Å². The third-order valence-corrected chi connectivity index (χ3v) is 13.6. The molecule has 0 fully saturated rings. The van der Waals surface area contributed by atoms with E-state index in [2.05, 4.69) is 0 Å². The van der Waals surface area contributed by atoms with Crippen molar-refractivity contribution < 1.29 is 103 Å². The molecule has 0 aliphatic heterocycles. The second-order valence-corrected chi connectivity index (χ2v) is 21.2. The van der Waals surface area contributed by atoms with Crippen molar-refractivity contribution in [2.24, 2.45) is 0 Å². The highest BCUT2D eigenvalue weighted by molar-refractivity contribution is 5.94. The Morgan fingerprint density at radius 3 is 1.31 bits per heavy atom. The number of hydrogen-bond acceptors (Lipinski definition) is 19. The lowest BCUT2D eigenvalue weighted by molar-refractivity contribution is -0.138. The van der Waals surface area contributed by atoms with Gasteiger partial charge in [-0.25, -0.2) is 28.8 Å². The SMILES string of the molecule is COc1cc(C(=O)Oc2ccc(C=CC(=O)OCCCCCCc3c(N)cc(N)cc3C(=O)O)cc2)ccc1OCCCCC(F)(F)F.COc1cc(C(=O)Oc2ccc(C=CC(=O)OCCCCOC(=O)c3cc(N)cc(N)c3)cc2)ccc1OCCCCCC(F)(F)F. The molecular formula is C69H76F6N4O16. The van der Waals surface area contributed by atoms with Crippen molar-refractivity contribution in [2.75, 3.05) is 70.2 Å². The number of benzene rings is 6. The van der Waals surface area contributed by atoms with Gasteiger partial charge in [0.2, 0.25) is 0 Å². The Hall–Kier alpha value is -10.4. The quantitative estimate of drug-likeness (QED) is 0.00469. The minimum Gasteiger partial charge on any atom is -0.493 e. The van der Waals surface area contributed by atoms with E-state index in [1.807, 2.05) is 0 Å². The predicted molar refractivity (Wildman–Crippen MR) is 343 cm³/mol. The van der Waals surface area contributed by atoms with Gasteiger partial charge in [-0.2, -0.15) is 26.3 Å². The van der Waals surface area contributed by atoms with Gasteiger partial charge in [-0.3, -0.25) is 0 Å². The van der Waals surface area contributed by atoms with Gasteiger partial charge in [0, 0.05) is 47.7 Å². The molecule has 0 heterocycles. The van der Waals surface area contributed by atoms with Crippen LogP contribution in [-0.4, -0.2) is 101 Å². The normalized spacial score (nSPS) is 11.3. The minimum atomic E-state index is -4.20. The molecule has 6 aromatic rings. The van der Waals surface area contributed by atoms with E-state index in [1.54, 1.807) is 66.7 Å². The number of anilines is 4. The van der Waals surface area contributed by atoms with Crippen molar-refractivity contribution in [1.82, 2.24) is 0 Å². The number of alkyl halides is 6. The van der Waals surface area contributed by atoms with Gasteiger partial charge in [-0.1, -0.05) is 37.1 Å². The highest BCUT2D eigenvalue weighted by Crippen LogP contribution is 2.32. The molecule has 0 aromatic heterocycles. The average molecular weight is 1330 g/mol. The van der Waals surface area contributed by atoms with Crippen LogP contribution in [0.5, 0.6) is 34.5 Å². The summed E-state index contributed by atoms with van der Waals surface area (Å²) in [7, 11) is 2.79. The molecule has 0 aliphatic rings. The highest BCUT2D eigenvalue weighted by atomic mass is 19.4. The second-order valence-electron chi connectivity index (χ2n) is 21.2. The number of carbonyl (C=O) groups is 6. The maximum absolute atomic E-state index is 12.7. The van der Waals surface area contributed by atoms with Gasteiger partial charge in [-0.15, -0.1) is 0 Å². The molecule has 0 saturated heterocycles. The van der Waals surface area contributed by atoms with Crippen LogP contribution in [0.1, 0.15) is 142 Å². The Bertz CT molecular complexity index is 3540. The number of rotatable bonds is 35. The summed E-state index contributed by atoms with van der Waals surface area (Å²) < 4.78 is 122. The zero-order valence-corrected chi connectivity index (χ0v) is 52.4. The van der Waals surface area contributed by atoms with E-state index >= 15 is 0 Å². The highest BCUT2D eigenvalue weighted by Gasteiger charge is 2.27. The van der Waals surface area contributed by atoms with Gasteiger partial charge in [-0.05, 0) is 184 Å². The van der Waals surface area contributed by atoms with E-state index in [9.17, 15) is 60.2 Å². The molecule has 0 radical (unpaired) electrons. The zero-order chi connectivity index (χ0) is 69.3. The van der Waals surface area contributed by atoms with Crippen molar-refractivity contribution >= 4 is 70.7 Å². The summed E-state index contributed by atoms with van der Waals surface area (Å²) in [6.45, 7) is 0.798. The molecule has 0 aliphatic carbocycles. The zero-order valence-electron chi connectivity index (χ0n) is 52.4. The van der Waals surface area contributed by atoms with Gasteiger partial charge in [0.15, 0.2) is 23.0 Å². The summed E-state index contributed by atoms with van der Waals surface area (Å²) in [6.07, 6.45) is 1.06. The molecule has 0 spiro atoms. The number of methoxy groups -OCH3 is 2. The summed E-state index contributed by atoms with van der Waals surface area (Å²) >= 11 is 0. The fourth-order valence-electron chi connectivity index (χ4n) is 8.81. The Morgan fingerprint density at radius 1 is 0.432 bits per heavy atom. The molecule has 0 amide bonds. The molecular weight excluding hydrogens is 1250 g/mol. The van der Waals surface area contributed by atoms with Crippen molar-refractivity contribution in [2.45, 2.75) is 102 Å². The lowest BCUT2D eigenvalue weighted by Crippen LogP contribution is -2.10. The fourth-order valence-corrected chi connectivity index (χ4v) is 8.81. The monoisotopic (exact) mass is 1330 g/mol. The number of carbonyl (C=O) groups excluding carboxylic acids is 5. The van der Waals surface area contributed by atoms with Crippen LogP contribution in [0.4, 0.5) is 49.1 Å². The fraction of sp³-hybridized carbons (Fsp3) is 0.333. The first-order chi connectivity index (χ1) is 45.3. The van der Waals surface area contributed by atoms with Crippen LogP contribution >= 0.6 is 0 Å². The minimum absolute atomic E-state index is 0.0337. The Morgan fingerprint density at radius 2 is 0.842 bits per heavy atom. The summed E-state index contributed by atoms with van der Waals surface area (Å²) in [4.78, 5) is 73.0. The molecule has 9 N–H and O–H groups in total. The van der Waals surface area contributed by atoms with Gasteiger partial charge in [0.1, 0.15) is 11.5 Å². The molecule has 0 bridgehead atoms. The van der Waals surface area contributed by atoms with Crippen LogP contribution in [0.2, 0.25) is 0 Å². The number of nitrogen functional groups attached to an aromatic ring is 4. The molecule has 20 nitrogen and oxygen atoms in total. The first kappa shape index (κ1) is 75.3. The van der Waals surface area contributed by atoms with Crippen LogP contribution in [-0.2, 0) is 30.2 Å². The lowest BCUT2D eigenvalue weighted by Gasteiger charge is -2.12. The average Bonchev–Trinajstić information content (AvgIpc) is 0.917. The van der Waals surface area contributed by atoms with Gasteiger partial charge < -0.3 is 70.7 Å². The third-order valence-electron chi connectivity index (χ3n) is 13.6. The molecule has 510 valence electrons. The number of nitrogens with two attached hydrogens (primary N) is 4. The van der Waals surface area contributed by atoms with E-state index in [0.29, 0.717) is 89.5 Å². The Labute approximate surface area is 545 Å². The molecule has 0 atom stereocenters. The van der Waals surface area contributed by atoms with Gasteiger partial charge in [0.25, 0.3) is 0 Å². The molecule has 6 aromatic carbocycles.